The van der Waals surface area contributed by atoms with Crippen molar-refractivity contribution in [3.8, 4) is 22.9 Å². The van der Waals surface area contributed by atoms with Gasteiger partial charge >= 0.3 is 6.18 Å². The van der Waals surface area contributed by atoms with E-state index in [1.807, 2.05) is 4.72 Å². The van der Waals surface area contributed by atoms with Crippen LogP contribution >= 0.6 is 0 Å². The Morgan fingerprint density at radius 3 is 2.53 bits per heavy atom. The van der Waals surface area contributed by atoms with E-state index in [1.165, 1.54) is 24.5 Å². The van der Waals surface area contributed by atoms with Gasteiger partial charge in [0.2, 0.25) is 21.9 Å². The first-order valence-corrected chi connectivity index (χ1v) is 11.5. The van der Waals surface area contributed by atoms with Crippen LogP contribution in [0.1, 0.15) is 5.56 Å². The highest BCUT2D eigenvalue weighted by molar-refractivity contribution is 7.92. The third-order valence-corrected chi connectivity index (χ3v) is 5.99. The number of pyridine rings is 1. The van der Waals surface area contributed by atoms with Crippen molar-refractivity contribution < 1.29 is 26.3 Å². The minimum absolute atomic E-state index is 0.00332. The molecule has 0 saturated heterocycles. The third kappa shape index (κ3) is 5.17. The van der Waals surface area contributed by atoms with Crippen molar-refractivity contribution in [2.24, 2.45) is 0 Å². The standard InChI is InChI=1S/C22H18F3N5O3S/c1-13-7-8-14-15(4-2-6-18(14)30-34(31,32)12-22(23,24)25)19(13)33-20-16(5-3-10-27-20)17-9-11-28-21(26)29-17/h2-11,30H,12H2,1H3,(H2,26,28,29). The number of nitrogens with zero attached hydrogens (tertiary/aromatic N) is 3. The van der Waals surface area contributed by atoms with E-state index >= 15 is 0 Å². The second kappa shape index (κ2) is 8.78. The second-order valence-electron chi connectivity index (χ2n) is 7.35. The Bertz CT molecular complexity index is 1480. The Morgan fingerprint density at radius 1 is 1.00 bits per heavy atom. The molecular weight excluding hydrogens is 471 g/mol. The Balaban J connectivity index is 1.77. The first-order chi connectivity index (χ1) is 16.0. The van der Waals surface area contributed by atoms with Crippen LogP contribution in [0.4, 0.5) is 24.8 Å². The monoisotopic (exact) mass is 489 g/mol. The van der Waals surface area contributed by atoms with Crippen molar-refractivity contribution >= 4 is 32.4 Å². The number of nitrogen functional groups attached to an aromatic ring is 1. The van der Waals surface area contributed by atoms with E-state index in [1.54, 1.807) is 43.3 Å². The van der Waals surface area contributed by atoms with Crippen LogP contribution < -0.4 is 15.2 Å². The van der Waals surface area contributed by atoms with Crippen LogP contribution in [0.2, 0.25) is 0 Å². The van der Waals surface area contributed by atoms with Gasteiger partial charge in [0.05, 0.1) is 16.9 Å². The summed E-state index contributed by atoms with van der Waals surface area (Å²) in [7, 11) is -4.67. The number of hydrogen-bond acceptors (Lipinski definition) is 7. The molecular formula is C22H18F3N5O3S. The molecule has 4 rings (SSSR count). The summed E-state index contributed by atoms with van der Waals surface area (Å²) in [4.78, 5) is 12.4. The molecule has 2 aromatic heterocycles. The Kier molecular flexibility index (Phi) is 6.00. The highest BCUT2D eigenvalue weighted by atomic mass is 32.2. The first-order valence-electron chi connectivity index (χ1n) is 9.84. The van der Waals surface area contributed by atoms with E-state index in [9.17, 15) is 21.6 Å². The number of ether oxygens (including phenoxy) is 1. The molecule has 2 aromatic carbocycles. The molecule has 3 N–H and O–H groups in total. The summed E-state index contributed by atoms with van der Waals surface area (Å²) >= 11 is 0. The maximum absolute atomic E-state index is 12.7. The zero-order chi connectivity index (χ0) is 24.5. The molecule has 34 heavy (non-hydrogen) atoms. The fourth-order valence-electron chi connectivity index (χ4n) is 3.37. The van der Waals surface area contributed by atoms with Crippen LogP contribution in [-0.4, -0.2) is 35.3 Å². The molecule has 0 spiro atoms. The average molecular weight is 489 g/mol. The Hall–Kier alpha value is -3.93. The zero-order valence-corrected chi connectivity index (χ0v) is 18.5. The largest absolute Gasteiger partial charge is 0.437 e. The lowest BCUT2D eigenvalue weighted by Crippen LogP contribution is -2.27. The maximum atomic E-state index is 12.7. The molecule has 0 bridgehead atoms. The van der Waals surface area contributed by atoms with Gasteiger partial charge in [-0.25, -0.2) is 23.4 Å². The van der Waals surface area contributed by atoms with Gasteiger partial charge < -0.3 is 10.5 Å². The van der Waals surface area contributed by atoms with Crippen LogP contribution in [0, 0.1) is 6.92 Å². The molecule has 0 atom stereocenters. The lowest BCUT2D eigenvalue weighted by atomic mass is 10.0. The van der Waals surface area contributed by atoms with Gasteiger partial charge in [0.1, 0.15) is 5.75 Å². The van der Waals surface area contributed by atoms with E-state index in [2.05, 4.69) is 15.0 Å². The number of aromatic nitrogens is 3. The molecule has 0 unspecified atom stereocenters. The number of aryl methyl sites for hydroxylation is 1. The van der Waals surface area contributed by atoms with Crippen LogP contribution in [0.3, 0.4) is 0 Å². The molecule has 0 amide bonds. The molecule has 0 aliphatic rings. The normalized spacial score (nSPS) is 12.0. The molecule has 176 valence electrons. The molecule has 4 aromatic rings. The summed E-state index contributed by atoms with van der Waals surface area (Å²) in [6.07, 6.45) is -1.85. The smallest absolute Gasteiger partial charge is 0.404 e. The summed E-state index contributed by atoms with van der Waals surface area (Å²) in [5.41, 5.74) is 7.40. The molecule has 2 heterocycles. The summed E-state index contributed by atoms with van der Waals surface area (Å²) in [6.45, 7) is 1.78. The number of benzene rings is 2. The van der Waals surface area contributed by atoms with Crippen molar-refractivity contribution in [3.05, 3.63) is 66.5 Å². The molecule has 0 saturated carbocycles. The average Bonchev–Trinajstić information content (AvgIpc) is 2.74. The van der Waals surface area contributed by atoms with Crippen molar-refractivity contribution in [2.45, 2.75) is 13.1 Å². The molecule has 0 aliphatic heterocycles. The highest BCUT2D eigenvalue weighted by Crippen LogP contribution is 2.38. The zero-order valence-electron chi connectivity index (χ0n) is 17.7. The van der Waals surface area contributed by atoms with Crippen LogP contribution in [0.5, 0.6) is 11.6 Å². The predicted molar refractivity (Wildman–Crippen MR) is 122 cm³/mol. The third-order valence-electron chi connectivity index (χ3n) is 4.75. The van der Waals surface area contributed by atoms with Gasteiger partial charge in [0, 0.05) is 23.2 Å². The number of hydrogen-bond donors (Lipinski definition) is 2. The summed E-state index contributed by atoms with van der Waals surface area (Å²) in [5.74, 6) is -1.36. The lowest BCUT2D eigenvalue weighted by molar-refractivity contribution is -0.106. The number of rotatable bonds is 6. The van der Waals surface area contributed by atoms with Crippen LogP contribution in [-0.2, 0) is 10.0 Å². The minimum Gasteiger partial charge on any atom is -0.437 e. The van der Waals surface area contributed by atoms with E-state index in [0.29, 0.717) is 33.3 Å². The number of fused-ring (bicyclic) bond motifs is 1. The molecule has 0 fully saturated rings. The van der Waals surface area contributed by atoms with E-state index in [0.717, 1.165) is 0 Å². The van der Waals surface area contributed by atoms with Crippen molar-refractivity contribution in [2.75, 3.05) is 16.2 Å². The van der Waals surface area contributed by atoms with E-state index < -0.39 is 22.0 Å². The maximum Gasteiger partial charge on any atom is 0.404 e. The SMILES string of the molecule is Cc1ccc2c(NS(=O)(=O)CC(F)(F)F)cccc2c1Oc1ncccc1-c1ccnc(N)n1. The highest BCUT2D eigenvalue weighted by Gasteiger charge is 2.35. The Labute approximate surface area is 192 Å². The molecule has 0 aliphatic carbocycles. The predicted octanol–water partition coefficient (Wildman–Crippen LogP) is 4.68. The van der Waals surface area contributed by atoms with Crippen LogP contribution in [0.15, 0.2) is 60.9 Å². The van der Waals surface area contributed by atoms with Gasteiger partial charge in [-0.15, -0.1) is 0 Å². The quantitative estimate of drug-likeness (QED) is 0.404. The van der Waals surface area contributed by atoms with E-state index in [4.69, 9.17) is 10.5 Å². The fourth-order valence-corrected chi connectivity index (χ4v) is 4.39. The van der Waals surface area contributed by atoms with E-state index in [-0.39, 0.29) is 17.5 Å². The summed E-state index contributed by atoms with van der Waals surface area (Å²) in [6, 6.07) is 12.9. The van der Waals surface area contributed by atoms with Crippen molar-refractivity contribution in [1.29, 1.82) is 0 Å². The Morgan fingerprint density at radius 2 is 1.79 bits per heavy atom. The number of halogens is 3. The van der Waals surface area contributed by atoms with Gasteiger partial charge in [-0.05, 0) is 36.8 Å². The van der Waals surface area contributed by atoms with Gasteiger partial charge in [-0.1, -0.05) is 24.3 Å². The van der Waals surface area contributed by atoms with Crippen molar-refractivity contribution in [3.63, 3.8) is 0 Å². The topological polar surface area (TPSA) is 120 Å². The summed E-state index contributed by atoms with van der Waals surface area (Å²) in [5, 5.41) is 0.837. The van der Waals surface area contributed by atoms with Crippen molar-refractivity contribution in [1.82, 2.24) is 15.0 Å². The fraction of sp³-hybridized carbons (Fsp3) is 0.136. The minimum atomic E-state index is -4.87. The van der Waals surface area contributed by atoms with Gasteiger partial charge in [0.15, 0.2) is 5.75 Å². The first kappa shape index (κ1) is 23.2. The second-order valence-corrected chi connectivity index (χ2v) is 9.07. The molecule has 0 radical (unpaired) electrons. The number of sulfonamides is 1. The summed E-state index contributed by atoms with van der Waals surface area (Å²) < 4.78 is 70.2. The molecule has 12 heteroatoms. The van der Waals surface area contributed by atoms with Gasteiger partial charge in [0.25, 0.3) is 0 Å². The number of alkyl halides is 3. The number of nitrogens with two attached hydrogens (primary N) is 1. The van der Waals surface area contributed by atoms with Crippen LogP contribution in [0.25, 0.3) is 22.0 Å². The van der Waals surface area contributed by atoms with Gasteiger partial charge in [-0.2, -0.15) is 13.2 Å². The molecule has 8 nitrogen and oxygen atoms in total. The van der Waals surface area contributed by atoms with Gasteiger partial charge in [-0.3, -0.25) is 4.72 Å². The lowest BCUT2D eigenvalue weighted by Gasteiger charge is -2.16. The number of nitrogens with one attached hydrogen (secondary N) is 1. The number of anilines is 2.